The van der Waals surface area contributed by atoms with Gasteiger partial charge in [0, 0.05) is 0 Å². The maximum absolute atomic E-state index is 12.4. The normalized spacial score (nSPS) is 10.7. The van der Waals surface area contributed by atoms with Crippen LogP contribution in [0.3, 0.4) is 0 Å². The summed E-state index contributed by atoms with van der Waals surface area (Å²) in [5.74, 6) is 0.158. The van der Waals surface area contributed by atoms with Gasteiger partial charge in [0.05, 0.1) is 28.2 Å². The Bertz CT molecular complexity index is 1220. The van der Waals surface area contributed by atoms with E-state index < -0.39 is 0 Å². The lowest BCUT2D eigenvalue weighted by Gasteiger charge is -2.12. The zero-order valence-electron chi connectivity index (χ0n) is 15.8. The lowest BCUT2D eigenvalue weighted by atomic mass is 10.0. The van der Waals surface area contributed by atoms with Crippen molar-refractivity contribution >= 4 is 40.3 Å². The monoisotopic (exact) mass is 420 g/mol. The van der Waals surface area contributed by atoms with Gasteiger partial charge in [-0.15, -0.1) is 5.10 Å². The summed E-state index contributed by atoms with van der Waals surface area (Å²) >= 11 is 6.07. The summed E-state index contributed by atoms with van der Waals surface area (Å²) < 4.78 is 7.29. The number of ether oxygens (including phenoxy) is 1. The van der Waals surface area contributed by atoms with Crippen molar-refractivity contribution in [2.45, 2.75) is 13.2 Å². The first kappa shape index (κ1) is 19.6. The number of carbonyl (C=O) groups is 2. The average Bonchev–Trinajstić information content (AvgIpc) is 3.20. The van der Waals surface area contributed by atoms with Crippen molar-refractivity contribution in [1.29, 1.82) is 0 Å². The Labute approximate surface area is 177 Å². The van der Waals surface area contributed by atoms with Crippen LogP contribution >= 0.6 is 11.6 Å². The Morgan fingerprint density at radius 2 is 1.90 bits per heavy atom. The van der Waals surface area contributed by atoms with Crippen LogP contribution < -0.4 is 10.1 Å². The molecular formula is C22H17ClN4O3. The number of hydrogen-bond acceptors (Lipinski definition) is 5. The number of para-hydroxylation sites is 1. The van der Waals surface area contributed by atoms with E-state index >= 15 is 0 Å². The van der Waals surface area contributed by atoms with E-state index in [1.54, 1.807) is 30.3 Å². The number of carbonyl (C=O) groups excluding carboxylic acids is 2. The highest BCUT2D eigenvalue weighted by Crippen LogP contribution is 2.27. The van der Waals surface area contributed by atoms with Crippen molar-refractivity contribution in [3.05, 3.63) is 83.1 Å². The van der Waals surface area contributed by atoms with Crippen molar-refractivity contribution in [2.24, 2.45) is 0 Å². The van der Waals surface area contributed by atoms with Crippen LogP contribution in [0, 0.1) is 0 Å². The molecule has 0 spiro atoms. The summed E-state index contributed by atoms with van der Waals surface area (Å²) in [7, 11) is 0. The summed E-state index contributed by atoms with van der Waals surface area (Å²) in [6.45, 7) is 0.0493. The SMILES string of the molecule is O=Cc1c(OCc2cnnn2CC(=O)Nc2ccccc2Cl)ccc2ccccc12. The molecule has 0 aliphatic carbocycles. The van der Waals surface area contributed by atoms with Gasteiger partial charge in [0.1, 0.15) is 18.9 Å². The molecule has 1 amide bonds. The molecule has 8 heteroatoms. The second kappa shape index (κ2) is 8.75. The van der Waals surface area contributed by atoms with Crippen molar-refractivity contribution in [1.82, 2.24) is 15.0 Å². The minimum atomic E-state index is -0.297. The highest BCUT2D eigenvalue weighted by Gasteiger charge is 2.13. The highest BCUT2D eigenvalue weighted by molar-refractivity contribution is 6.33. The van der Waals surface area contributed by atoms with E-state index in [4.69, 9.17) is 16.3 Å². The second-order valence-electron chi connectivity index (χ2n) is 6.52. The molecule has 7 nitrogen and oxygen atoms in total. The second-order valence-corrected chi connectivity index (χ2v) is 6.92. The molecule has 0 unspecified atom stereocenters. The first-order chi connectivity index (χ1) is 14.7. The highest BCUT2D eigenvalue weighted by atomic mass is 35.5. The maximum Gasteiger partial charge on any atom is 0.246 e. The first-order valence-electron chi connectivity index (χ1n) is 9.17. The van der Waals surface area contributed by atoms with Crippen LogP contribution in [0.4, 0.5) is 5.69 Å². The molecule has 1 aromatic heterocycles. The third-order valence-corrected chi connectivity index (χ3v) is 4.89. The smallest absolute Gasteiger partial charge is 0.246 e. The molecule has 0 saturated carbocycles. The van der Waals surface area contributed by atoms with E-state index in [0.29, 0.717) is 27.7 Å². The third kappa shape index (κ3) is 4.16. The molecule has 0 radical (unpaired) electrons. The van der Waals surface area contributed by atoms with Gasteiger partial charge < -0.3 is 10.1 Å². The van der Waals surface area contributed by atoms with Crippen molar-refractivity contribution in [3.8, 4) is 5.75 Å². The van der Waals surface area contributed by atoms with E-state index in [1.807, 2.05) is 30.3 Å². The van der Waals surface area contributed by atoms with E-state index in [2.05, 4.69) is 15.6 Å². The number of amides is 1. The molecule has 1 heterocycles. The van der Waals surface area contributed by atoms with Crippen LogP contribution in [-0.2, 0) is 17.9 Å². The molecule has 0 atom stereocenters. The first-order valence-corrected chi connectivity index (χ1v) is 9.55. The van der Waals surface area contributed by atoms with Crippen LogP contribution in [0.25, 0.3) is 10.8 Å². The number of aromatic nitrogens is 3. The van der Waals surface area contributed by atoms with Crippen molar-refractivity contribution in [3.63, 3.8) is 0 Å². The number of benzene rings is 3. The predicted octanol–water partition coefficient (Wildman–Crippen LogP) is 4.11. The van der Waals surface area contributed by atoms with E-state index in [0.717, 1.165) is 17.1 Å². The number of nitrogens with one attached hydrogen (secondary N) is 1. The fourth-order valence-electron chi connectivity index (χ4n) is 3.09. The molecule has 30 heavy (non-hydrogen) atoms. The van der Waals surface area contributed by atoms with Gasteiger partial charge >= 0.3 is 0 Å². The van der Waals surface area contributed by atoms with Gasteiger partial charge in [-0.05, 0) is 29.0 Å². The fourth-order valence-corrected chi connectivity index (χ4v) is 3.27. The number of anilines is 1. The standard InChI is InChI=1S/C22H17ClN4O3/c23-19-7-3-4-8-20(19)25-22(29)12-27-16(11-24-26-27)14-30-21-10-9-15-5-1-2-6-17(15)18(21)13-28/h1-11,13H,12,14H2,(H,25,29). The Morgan fingerprint density at radius 3 is 2.73 bits per heavy atom. The Hall–Kier alpha value is -3.71. The molecular weight excluding hydrogens is 404 g/mol. The third-order valence-electron chi connectivity index (χ3n) is 4.56. The van der Waals surface area contributed by atoms with Crippen molar-refractivity contribution < 1.29 is 14.3 Å². The van der Waals surface area contributed by atoms with Crippen LogP contribution in [0.2, 0.25) is 5.02 Å². The number of fused-ring (bicyclic) bond motifs is 1. The number of rotatable bonds is 7. The van der Waals surface area contributed by atoms with Gasteiger partial charge in [-0.2, -0.15) is 0 Å². The van der Waals surface area contributed by atoms with Gasteiger partial charge in [0.25, 0.3) is 0 Å². The molecule has 4 aromatic rings. The Morgan fingerprint density at radius 1 is 1.10 bits per heavy atom. The largest absolute Gasteiger partial charge is 0.486 e. The minimum absolute atomic E-state index is 0.0534. The van der Waals surface area contributed by atoms with Crippen LogP contribution in [0.5, 0.6) is 5.75 Å². The number of aldehydes is 1. The molecule has 0 aliphatic rings. The number of hydrogen-bond donors (Lipinski definition) is 1. The van der Waals surface area contributed by atoms with Gasteiger partial charge in [0.15, 0.2) is 6.29 Å². The molecule has 4 rings (SSSR count). The molecule has 0 bridgehead atoms. The zero-order chi connectivity index (χ0) is 20.9. The number of halogens is 1. The van der Waals surface area contributed by atoms with E-state index in [1.165, 1.54) is 10.9 Å². The van der Waals surface area contributed by atoms with Gasteiger partial charge in [-0.1, -0.05) is 59.3 Å². The average molecular weight is 421 g/mol. The molecule has 0 saturated heterocycles. The Kier molecular flexibility index (Phi) is 5.72. The lowest BCUT2D eigenvalue weighted by molar-refractivity contribution is -0.117. The van der Waals surface area contributed by atoms with Gasteiger partial charge in [-0.25, -0.2) is 4.68 Å². The fraction of sp³-hybridized carbons (Fsp3) is 0.0909. The predicted molar refractivity (Wildman–Crippen MR) is 114 cm³/mol. The van der Waals surface area contributed by atoms with E-state index in [-0.39, 0.29) is 19.1 Å². The summed E-state index contributed by atoms with van der Waals surface area (Å²) in [4.78, 5) is 24.0. The summed E-state index contributed by atoms with van der Waals surface area (Å²) in [5, 5.41) is 12.8. The molecule has 1 N–H and O–H groups in total. The molecule has 3 aromatic carbocycles. The van der Waals surface area contributed by atoms with Crippen molar-refractivity contribution in [2.75, 3.05) is 5.32 Å². The summed E-state index contributed by atoms with van der Waals surface area (Å²) in [6.07, 6.45) is 2.30. The van der Waals surface area contributed by atoms with Crippen LogP contribution in [0.1, 0.15) is 16.1 Å². The zero-order valence-corrected chi connectivity index (χ0v) is 16.5. The summed E-state index contributed by atoms with van der Waals surface area (Å²) in [6, 6.07) is 18.2. The maximum atomic E-state index is 12.4. The summed E-state index contributed by atoms with van der Waals surface area (Å²) in [5.41, 5.74) is 1.59. The van der Waals surface area contributed by atoms with Gasteiger partial charge in [-0.3, -0.25) is 9.59 Å². The topological polar surface area (TPSA) is 86.1 Å². The van der Waals surface area contributed by atoms with E-state index in [9.17, 15) is 9.59 Å². The number of nitrogens with zero attached hydrogens (tertiary/aromatic N) is 3. The molecule has 0 fully saturated rings. The minimum Gasteiger partial charge on any atom is -0.486 e. The Balaban J connectivity index is 1.47. The molecule has 0 aliphatic heterocycles. The molecule has 150 valence electrons. The van der Waals surface area contributed by atoms with Crippen LogP contribution in [-0.4, -0.2) is 27.2 Å². The quantitative estimate of drug-likeness (QED) is 0.454. The lowest BCUT2D eigenvalue weighted by Crippen LogP contribution is -2.21. The van der Waals surface area contributed by atoms with Crippen LogP contribution in [0.15, 0.2) is 66.9 Å². The van der Waals surface area contributed by atoms with Gasteiger partial charge in [0.2, 0.25) is 5.91 Å².